The van der Waals surface area contributed by atoms with Gasteiger partial charge in [0.1, 0.15) is 0 Å². The lowest BCUT2D eigenvalue weighted by Crippen LogP contribution is -2.25. The second-order valence-electron chi connectivity index (χ2n) is 6.05. The molecule has 0 aromatic heterocycles. The second kappa shape index (κ2) is 7.18. The van der Waals surface area contributed by atoms with Crippen molar-refractivity contribution in [3.63, 3.8) is 0 Å². The summed E-state index contributed by atoms with van der Waals surface area (Å²) in [6, 6.07) is 10.7. The number of benzene rings is 2. The molecule has 0 aliphatic heterocycles. The van der Waals surface area contributed by atoms with Gasteiger partial charge in [-0.1, -0.05) is 26.0 Å². The van der Waals surface area contributed by atoms with Crippen molar-refractivity contribution in [3.8, 4) is 11.5 Å². The first-order chi connectivity index (χ1) is 10.9. The number of carbonyl (C=O) groups excluding carboxylic acids is 1. The van der Waals surface area contributed by atoms with Crippen molar-refractivity contribution in [2.45, 2.75) is 33.1 Å². The van der Waals surface area contributed by atoms with Gasteiger partial charge in [0.25, 0.3) is 5.91 Å². The van der Waals surface area contributed by atoms with E-state index < -0.39 is 0 Å². The molecule has 4 heteroatoms. The van der Waals surface area contributed by atoms with Gasteiger partial charge in [-0.25, -0.2) is 0 Å². The highest BCUT2D eigenvalue weighted by atomic mass is 16.3. The van der Waals surface area contributed by atoms with Gasteiger partial charge in [-0.3, -0.25) is 4.79 Å². The van der Waals surface area contributed by atoms with E-state index in [9.17, 15) is 15.0 Å². The summed E-state index contributed by atoms with van der Waals surface area (Å²) >= 11 is 0. The summed E-state index contributed by atoms with van der Waals surface area (Å²) in [5, 5.41) is 21.8. The van der Waals surface area contributed by atoms with Gasteiger partial charge in [0, 0.05) is 12.1 Å². The topological polar surface area (TPSA) is 69.6 Å². The first kappa shape index (κ1) is 16.9. The molecular formula is C19H23NO3. The molecule has 23 heavy (non-hydrogen) atoms. The van der Waals surface area contributed by atoms with Crippen LogP contribution >= 0.6 is 0 Å². The molecule has 0 atom stereocenters. The van der Waals surface area contributed by atoms with Gasteiger partial charge >= 0.3 is 0 Å². The van der Waals surface area contributed by atoms with Gasteiger partial charge in [-0.2, -0.15) is 0 Å². The highest BCUT2D eigenvalue weighted by Gasteiger charge is 2.08. The number of amides is 1. The molecule has 2 aromatic rings. The molecule has 0 bridgehead atoms. The molecule has 1 amide bonds. The molecular weight excluding hydrogens is 290 g/mol. The summed E-state index contributed by atoms with van der Waals surface area (Å²) in [6.45, 7) is 6.56. The Labute approximate surface area is 136 Å². The summed E-state index contributed by atoms with van der Waals surface area (Å²) in [5.41, 5.74) is 3.63. The van der Waals surface area contributed by atoms with Crippen LogP contribution in [0.15, 0.2) is 36.4 Å². The molecule has 3 N–H and O–H groups in total. The Hall–Kier alpha value is -2.49. The van der Waals surface area contributed by atoms with Crippen LogP contribution < -0.4 is 5.32 Å². The van der Waals surface area contributed by atoms with E-state index in [4.69, 9.17) is 0 Å². The molecule has 0 saturated carbocycles. The van der Waals surface area contributed by atoms with E-state index in [0.29, 0.717) is 24.4 Å². The average molecular weight is 313 g/mol. The third-order valence-corrected chi connectivity index (χ3v) is 3.95. The van der Waals surface area contributed by atoms with Crippen LogP contribution in [0.25, 0.3) is 0 Å². The lowest BCUT2D eigenvalue weighted by molar-refractivity contribution is 0.0954. The molecule has 4 nitrogen and oxygen atoms in total. The van der Waals surface area contributed by atoms with E-state index in [2.05, 4.69) is 19.2 Å². The summed E-state index contributed by atoms with van der Waals surface area (Å²) in [6.07, 6.45) is 0.593. The van der Waals surface area contributed by atoms with Crippen LogP contribution in [0.2, 0.25) is 0 Å². The lowest BCUT2D eigenvalue weighted by atomic mass is 10.0. The van der Waals surface area contributed by atoms with Crippen LogP contribution in [0.4, 0.5) is 0 Å². The summed E-state index contributed by atoms with van der Waals surface area (Å²) in [4.78, 5) is 12.1. The standard InChI is InChI=1S/C19H23NO3/c1-12(2)14-4-6-15(7-5-14)19(23)20-9-8-16-11-18(22)17(21)10-13(16)3/h4-7,10-12,21-22H,8-9H2,1-3H3,(H,20,23). The Morgan fingerprint density at radius 2 is 1.70 bits per heavy atom. The smallest absolute Gasteiger partial charge is 0.251 e. The Balaban J connectivity index is 1.93. The van der Waals surface area contributed by atoms with Gasteiger partial charge in [0.15, 0.2) is 11.5 Å². The number of rotatable bonds is 5. The van der Waals surface area contributed by atoms with Crippen LogP contribution in [-0.2, 0) is 6.42 Å². The maximum Gasteiger partial charge on any atom is 0.251 e. The maximum atomic E-state index is 12.1. The Morgan fingerprint density at radius 1 is 1.09 bits per heavy atom. The van der Waals surface area contributed by atoms with Crippen LogP contribution in [0.5, 0.6) is 11.5 Å². The molecule has 2 aromatic carbocycles. The number of phenolic OH excluding ortho intramolecular Hbond substituents is 2. The molecule has 0 spiro atoms. The van der Waals surface area contributed by atoms with Crippen molar-refractivity contribution in [2.24, 2.45) is 0 Å². The monoisotopic (exact) mass is 313 g/mol. The Bertz CT molecular complexity index is 691. The quantitative estimate of drug-likeness (QED) is 0.740. The minimum Gasteiger partial charge on any atom is -0.504 e. The first-order valence-electron chi connectivity index (χ1n) is 7.78. The molecule has 122 valence electrons. The second-order valence-corrected chi connectivity index (χ2v) is 6.05. The number of phenols is 2. The fourth-order valence-electron chi connectivity index (χ4n) is 2.43. The highest BCUT2D eigenvalue weighted by molar-refractivity contribution is 5.94. The SMILES string of the molecule is Cc1cc(O)c(O)cc1CCNC(=O)c1ccc(C(C)C)cc1. The first-order valence-corrected chi connectivity index (χ1v) is 7.78. The zero-order valence-corrected chi connectivity index (χ0v) is 13.8. The van der Waals surface area contributed by atoms with Gasteiger partial charge in [0.2, 0.25) is 0 Å². The molecule has 0 heterocycles. The fourth-order valence-corrected chi connectivity index (χ4v) is 2.43. The molecule has 0 aliphatic rings. The summed E-state index contributed by atoms with van der Waals surface area (Å²) in [5.74, 6) is 0.0694. The molecule has 0 fully saturated rings. The van der Waals surface area contributed by atoms with Crippen LogP contribution in [0.3, 0.4) is 0 Å². The van der Waals surface area contributed by atoms with E-state index in [0.717, 1.165) is 11.1 Å². The van der Waals surface area contributed by atoms with Gasteiger partial charge < -0.3 is 15.5 Å². The summed E-state index contributed by atoms with van der Waals surface area (Å²) in [7, 11) is 0. The van der Waals surface area contributed by atoms with E-state index in [1.165, 1.54) is 17.7 Å². The van der Waals surface area contributed by atoms with E-state index >= 15 is 0 Å². The van der Waals surface area contributed by atoms with Crippen molar-refractivity contribution in [3.05, 3.63) is 58.7 Å². The van der Waals surface area contributed by atoms with E-state index in [1.807, 2.05) is 31.2 Å². The minimum absolute atomic E-state index is 0.110. The van der Waals surface area contributed by atoms with Gasteiger partial charge in [0.05, 0.1) is 0 Å². The Morgan fingerprint density at radius 3 is 2.30 bits per heavy atom. The van der Waals surface area contributed by atoms with Gasteiger partial charge in [-0.15, -0.1) is 0 Å². The number of aromatic hydroxyl groups is 2. The number of hydrogen-bond donors (Lipinski definition) is 3. The zero-order chi connectivity index (χ0) is 17.0. The summed E-state index contributed by atoms with van der Waals surface area (Å²) < 4.78 is 0. The molecule has 0 saturated heterocycles. The van der Waals surface area contributed by atoms with E-state index in [-0.39, 0.29) is 17.4 Å². The van der Waals surface area contributed by atoms with Crippen molar-refractivity contribution in [2.75, 3.05) is 6.54 Å². The van der Waals surface area contributed by atoms with Crippen LogP contribution in [-0.4, -0.2) is 22.7 Å². The predicted octanol–water partition coefficient (Wildman–Crippen LogP) is 3.50. The molecule has 2 rings (SSSR count). The van der Waals surface area contributed by atoms with Gasteiger partial charge in [-0.05, 0) is 60.2 Å². The lowest BCUT2D eigenvalue weighted by Gasteiger charge is -2.10. The predicted molar refractivity (Wildman–Crippen MR) is 91.1 cm³/mol. The third kappa shape index (κ3) is 4.25. The van der Waals surface area contributed by atoms with E-state index in [1.54, 1.807) is 0 Å². The fraction of sp³-hybridized carbons (Fsp3) is 0.316. The number of hydrogen-bond acceptors (Lipinski definition) is 3. The normalized spacial score (nSPS) is 10.8. The van der Waals surface area contributed by atoms with Crippen molar-refractivity contribution in [1.82, 2.24) is 5.32 Å². The zero-order valence-electron chi connectivity index (χ0n) is 13.8. The Kier molecular flexibility index (Phi) is 5.27. The number of aryl methyl sites for hydroxylation is 1. The molecule has 0 radical (unpaired) electrons. The molecule has 0 unspecified atom stereocenters. The highest BCUT2D eigenvalue weighted by Crippen LogP contribution is 2.28. The minimum atomic E-state index is -0.138. The number of nitrogens with one attached hydrogen (secondary N) is 1. The van der Waals surface area contributed by atoms with Crippen molar-refractivity contribution in [1.29, 1.82) is 0 Å². The van der Waals surface area contributed by atoms with Crippen LogP contribution in [0, 0.1) is 6.92 Å². The maximum absolute atomic E-state index is 12.1. The number of carbonyl (C=O) groups is 1. The van der Waals surface area contributed by atoms with Crippen molar-refractivity contribution >= 4 is 5.91 Å². The molecule has 0 aliphatic carbocycles. The van der Waals surface area contributed by atoms with Crippen LogP contribution in [0.1, 0.15) is 46.8 Å². The van der Waals surface area contributed by atoms with Crippen molar-refractivity contribution < 1.29 is 15.0 Å². The average Bonchev–Trinajstić information content (AvgIpc) is 2.52. The third-order valence-electron chi connectivity index (χ3n) is 3.95. The largest absolute Gasteiger partial charge is 0.504 e.